The molecule has 1 heterocycles. The Bertz CT molecular complexity index is 665. The number of nitrogens with two attached hydrogens (primary N) is 2. The van der Waals surface area contributed by atoms with Crippen LogP contribution >= 0.6 is 11.8 Å². The van der Waals surface area contributed by atoms with Gasteiger partial charge < -0.3 is 32.1 Å². The molecule has 7 N–H and O–H groups in total. The van der Waals surface area contributed by atoms with Crippen LogP contribution in [0.25, 0.3) is 0 Å². The van der Waals surface area contributed by atoms with Crippen molar-refractivity contribution in [3.63, 3.8) is 0 Å². The van der Waals surface area contributed by atoms with E-state index in [4.69, 9.17) is 11.5 Å². The number of nitrogens with one attached hydrogen (secondary N) is 2. The quantitative estimate of drug-likeness (QED) is 0.205. The molecule has 1 saturated heterocycles. The lowest BCUT2D eigenvalue weighted by molar-refractivity contribution is -0.145. The summed E-state index contributed by atoms with van der Waals surface area (Å²) >= 11 is 1.56. The number of carbonyl (C=O) groups excluding carboxylic acids is 3. The van der Waals surface area contributed by atoms with Gasteiger partial charge in [-0.1, -0.05) is 20.3 Å². The predicted octanol–water partition coefficient (Wildman–Crippen LogP) is 0.287. The Labute approximate surface area is 200 Å². The lowest BCUT2D eigenvalue weighted by Gasteiger charge is -2.30. The summed E-state index contributed by atoms with van der Waals surface area (Å²) in [5.41, 5.74) is 11.5. The highest BCUT2D eigenvalue weighted by molar-refractivity contribution is 7.98. The zero-order chi connectivity index (χ0) is 25.0. The lowest BCUT2D eigenvalue weighted by Crippen LogP contribution is -2.57. The molecule has 11 heteroatoms. The van der Waals surface area contributed by atoms with Crippen molar-refractivity contribution < 1.29 is 24.3 Å². The van der Waals surface area contributed by atoms with Gasteiger partial charge in [0.15, 0.2) is 0 Å². The van der Waals surface area contributed by atoms with Crippen molar-refractivity contribution in [1.29, 1.82) is 0 Å². The molecule has 3 amide bonds. The molecule has 1 rings (SSSR count). The molecule has 1 aliphatic rings. The van der Waals surface area contributed by atoms with E-state index in [9.17, 15) is 24.3 Å². The Hall–Kier alpha value is -1.85. The summed E-state index contributed by atoms with van der Waals surface area (Å²) < 4.78 is 0. The molecule has 0 spiro atoms. The number of thioether (sulfide) groups is 1. The van der Waals surface area contributed by atoms with Crippen molar-refractivity contribution >= 4 is 35.5 Å². The molecule has 0 bridgehead atoms. The minimum absolute atomic E-state index is 0.0289. The number of hydrogen-bond acceptors (Lipinski definition) is 7. The van der Waals surface area contributed by atoms with Crippen LogP contribution in [0.15, 0.2) is 0 Å². The normalized spacial score (nSPS) is 19.4. The third-order valence-corrected chi connectivity index (χ3v) is 6.83. The third-order valence-electron chi connectivity index (χ3n) is 6.19. The number of unbranched alkanes of at least 4 members (excludes halogenated alkanes) is 1. The minimum atomic E-state index is -1.11. The number of nitrogens with zero attached hydrogens (tertiary/aromatic N) is 1. The zero-order valence-electron chi connectivity index (χ0n) is 20.0. The van der Waals surface area contributed by atoms with Crippen LogP contribution in [-0.4, -0.2) is 83.0 Å². The zero-order valence-corrected chi connectivity index (χ0v) is 20.9. The number of rotatable bonds is 15. The van der Waals surface area contributed by atoms with Crippen molar-refractivity contribution in [1.82, 2.24) is 15.5 Å². The maximum Gasteiger partial charge on any atom is 0.326 e. The summed E-state index contributed by atoms with van der Waals surface area (Å²) in [6, 6.07) is -3.29. The SMILES string of the molecule is CCC(C)C(N)C(=O)NC(CCSC)C(=O)N1CCCC1C(=O)NC(CCCCN)C(=O)O. The number of amides is 3. The largest absolute Gasteiger partial charge is 0.480 e. The van der Waals surface area contributed by atoms with E-state index in [1.165, 1.54) is 4.90 Å². The average molecular weight is 488 g/mol. The van der Waals surface area contributed by atoms with Gasteiger partial charge in [0.25, 0.3) is 0 Å². The molecule has 0 aliphatic carbocycles. The molecule has 0 aromatic carbocycles. The van der Waals surface area contributed by atoms with Crippen LogP contribution in [0.3, 0.4) is 0 Å². The Kier molecular flexibility index (Phi) is 13.4. The molecule has 1 aliphatic heterocycles. The summed E-state index contributed by atoms with van der Waals surface area (Å²) in [7, 11) is 0. The second kappa shape index (κ2) is 15.1. The van der Waals surface area contributed by atoms with E-state index in [1.807, 2.05) is 20.1 Å². The van der Waals surface area contributed by atoms with Crippen LogP contribution in [0.2, 0.25) is 0 Å². The topological polar surface area (TPSA) is 168 Å². The van der Waals surface area contributed by atoms with Crippen molar-refractivity contribution in [3.05, 3.63) is 0 Å². The van der Waals surface area contributed by atoms with E-state index >= 15 is 0 Å². The number of aliphatic carboxylic acids is 1. The molecule has 0 saturated carbocycles. The van der Waals surface area contributed by atoms with E-state index in [0.717, 1.165) is 6.42 Å². The van der Waals surface area contributed by atoms with Gasteiger partial charge in [0.1, 0.15) is 18.1 Å². The highest BCUT2D eigenvalue weighted by Gasteiger charge is 2.39. The van der Waals surface area contributed by atoms with Gasteiger partial charge in [-0.15, -0.1) is 0 Å². The van der Waals surface area contributed by atoms with E-state index in [-0.39, 0.29) is 24.2 Å². The molecular weight excluding hydrogens is 446 g/mol. The van der Waals surface area contributed by atoms with E-state index in [0.29, 0.717) is 50.9 Å². The molecule has 1 fully saturated rings. The van der Waals surface area contributed by atoms with E-state index in [1.54, 1.807) is 11.8 Å². The minimum Gasteiger partial charge on any atom is -0.480 e. The first kappa shape index (κ1) is 29.2. The number of hydrogen-bond donors (Lipinski definition) is 5. The van der Waals surface area contributed by atoms with Gasteiger partial charge in [0, 0.05) is 6.54 Å². The van der Waals surface area contributed by atoms with Crippen molar-refractivity contribution in [2.75, 3.05) is 25.1 Å². The first-order valence-corrected chi connectivity index (χ1v) is 13.2. The summed E-state index contributed by atoms with van der Waals surface area (Å²) in [4.78, 5) is 51.9. The molecule has 33 heavy (non-hydrogen) atoms. The summed E-state index contributed by atoms with van der Waals surface area (Å²) in [6.07, 6.45) is 5.68. The van der Waals surface area contributed by atoms with E-state index in [2.05, 4.69) is 10.6 Å². The molecule has 0 aromatic heterocycles. The number of carboxylic acid groups (broad SMARTS) is 1. The summed E-state index contributed by atoms with van der Waals surface area (Å²) in [6.45, 7) is 4.66. The fourth-order valence-corrected chi connectivity index (χ4v) is 4.27. The standard InChI is InChI=1S/C22H41N5O5S/c1-4-14(2)18(24)20(29)25-15(10-13-33-3)21(30)27-12-7-9-17(27)19(28)26-16(22(31)32)8-5-6-11-23/h14-18H,4-13,23-24H2,1-3H3,(H,25,29)(H,26,28)(H,31,32). The summed E-state index contributed by atoms with van der Waals surface area (Å²) in [5.74, 6) is -1.68. The molecular formula is C22H41N5O5S. The lowest BCUT2D eigenvalue weighted by atomic mass is 9.99. The maximum atomic E-state index is 13.3. The second-order valence-electron chi connectivity index (χ2n) is 8.63. The Balaban J connectivity index is 2.90. The first-order chi connectivity index (χ1) is 15.7. The van der Waals surface area contributed by atoms with Gasteiger partial charge in [-0.2, -0.15) is 11.8 Å². The Morgan fingerprint density at radius 3 is 2.42 bits per heavy atom. The van der Waals surface area contributed by atoms with Crippen LogP contribution in [0.5, 0.6) is 0 Å². The predicted molar refractivity (Wildman–Crippen MR) is 130 cm³/mol. The van der Waals surface area contributed by atoms with Crippen molar-refractivity contribution in [3.8, 4) is 0 Å². The van der Waals surface area contributed by atoms with Crippen LogP contribution in [0.4, 0.5) is 0 Å². The van der Waals surface area contributed by atoms with Crippen LogP contribution in [0.1, 0.15) is 58.8 Å². The Morgan fingerprint density at radius 1 is 1.15 bits per heavy atom. The fourth-order valence-electron chi connectivity index (χ4n) is 3.79. The molecule has 0 aromatic rings. The Morgan fingerprint density at radius 2 is 1.85 bits per heavy atom. The fraction of sp³-hybridized carbons (Fsp3) is 0.818. The van der Waals surface area contributed by atoms with Crippen molar-refractivity contribution in [2.45, 2.75) is 83.0 Å². The van der Waals surface area contributed by atoms with Gasteiger partial charge in [-0.05, 0) is 63.0 Å². The van der Waals surface area contributed by atoms with Crippen LogP contribution in [-0.2, 0) is 19.2 Å². The smallest absolute Gasteiger partial charge is 0.326 e. The van der Waals surface area contributed by atoms with Crippen molar-refractivity contribution in [2.24, 2.45) is 17.4 Å². The highest BCUT2D eigenvalue weighted by Crippen LogP contribution is 2.20. The molecule has 10 nitrogen and oxygen atoms in total. The number of carbonyl (C=O) groups is 4. The van der Waals surface area contributed by atoms with Crippen LogP contribution in [0, 0.1) is 5.92 Å². The van der Waals surface area contributed by atoms with Gasteiger partial charge in [0.2, 0.25) is 17.7 Å². The van der Waals surface area contributed by atoms with Gasteiger partial charge in [-0.3, -0.25) is 14.4 Å². The second-order valence-corrected chi connectivity index (χ2v) is 9.61. The maximum absolute atomic E-state index is 13.3. The highest BCUT2D eigenvalue weighted by atomic mass is 32.2. The number of likely N-dealkylation sites (tertiary alicyclic amines) is 1. The average Bonchev–Trinajstić information content (AvgIpc) is 3.29. The van der Waals surface area contributed by atoms with E-state index < -0.39 is 36.0 Å². The monoisotopic (exact) mass is 487 g/mol. The summed E-state index contributed by atoms with van der Waals surface area (Å²) in [5, 5.41) is 14.8. The molecule has 190 valence electrons. The molecule has 0 radical (unpaired) electrons. The van der Waals surface area contributed by atoms with Gasteiger partial charge >= 0.3 is 5.97 Å². The molecule has 5 unspecified atom stereocenters. The number of carboxylic acids is 1. The van der Waals surface area contributed by atoms with Gasteiger partial charge in [0.05, 0.1) is 6.04 Å². The first-order valence-electron chi connectivity index (χ1n) is 11.8. The van der Waals surface area contributed by atoms with Gasteiger partial charge in [-0.25, -0.2) is 4.79 Å². The van der Waals surface area contributed by atoms with Crippen LogP contribution < -0.4 is 22.1 Å². The molecule has 5 atom stereocenters. The third kappa shape index (κ3) is 9.13.